The van der Waals surface area contributed by atoms with Crippen molar-refractivity contribution in [3.63, 3.8) is 0 Å². The van der Waals surface area contributed by atoms with Gasteiger partial charge in [-0.15, -0.1) is 0 Å². The lowest BCUT2D eigenvalue weighted by atomic mass is 9.92. The van der Waals surface area contributed by atoms with Crippen LogP contribution in [0.2, 0.25) is 0 Å². The number of anilines is 1. The summed E-state index contributed by atoms with van der Waals surface area (Å²) in [6, 6.07) is 6.83. The van der Waals surface area contributed by atoms with Crippen LogP contribution in [0, 0.1) is 11.8 Å². The Morgan fingerprint density at radius 1 is 1.39 bits per heavy atom. The standard InChI is InChI=1S/C20H28N4O4/c1-3-17(20(27)28)13(2)23-18(25)11-15-5-4-10-24(19(15)26)16-8-6-14(7-9-16)12-22-21/h6-9,12-13,15,17H,3-5,10-11,21H2,1-2H3,(H,23,25)(H,27,28). The first-order valence-corrected chi connectivity index (χ1v) is 9.54. The maximum atomic E-state index is 12.9. The molecule has 1 fully saturated rings. The van der Waals surface area contributed by atoms with Crippen LogP contribution in [0.5, 0.6) is 0 Å². The summed E-state index contributed by atoms with van der Waals surface area (Å²) in [5, 5.41) is 15.4. The first kappa shape index (κ1) is 21.4. The fourth-order valence-corrected chi connectivity index (χ4v) is 3.60. The van der Waals surface area contributed by atoms with E-state index in [1.807, 2.05) is 24.3 Å². The van der Waals surface area contributed by atoms with Crippen LogP contribution in [0.3, 0.4) is 0 Å². The molecule has 2 rings (SSSR count). The Labute approximate surface area is 164 Å². The first-order chi connectivity index (χ1) is 13.4. The van der Waals surface area contributed by atoms with Crippen LogP contribution < -0.4 is 16.1 Å². The Morgan fingerprint density at radius 3 is 2.64 bits per heavy atom. The van der Waals surface area contributed by atoms with Crippen LogP contribution in [0.15, 0.2) is 29.4 Å². The molecule has 1 aromatic carbocycles. The van der Waals surface area contributed by atoms with E-state index in [-0.39, 0.29) is 18.2 Å². The average Bonchev–Trinajstić information content (AvgIpc) is 2.64. The van der Waals surface area contributed by atoms with Crippen molar-refractivity contribution in [2.24, 2.45) is 22.8 Å². The van der Waals surface area contributed by atoms with Gasteiger partial charge in [-0.05, 0) is 43.9 Å². The third-order valence-corrected chi connectivity index (χ3v) is 5.16. The van der Waals surface area contributed by atoms with Crippen molar-refractivity contribution in [1.29, 1.82) is 0 Å². The lowest BCUT2D eigenvalue weighted by Gasteiger charge is -2.32. The number of benzene rings is 1. The minimum atomic E-state index is -0.932. The molecule has 28 heavy (non-hydrogen) atoms. The number of hydrogen-bond acceptors (Lipinski definition) is 5. The molecule has 3 atom stereocenters. The number of carbonyl (C=O) groups is 3. The number of nitrogens with one attached hydrogen (secondary N) is 1. The third kappa shape index (κ3) is 5.31. The number of hydrazone groups is 1. The Bertz CT molecular complexity index is 732. The van der Waals surface area contributed by atoms with E-state index in [4.69, 9.17) is 5.84 Å². The summed E-state index contributed by atoms with van der Waals surface area (Å²) in [6.07, 6.45) is 3.46. The van der Waals surface area contributed by atoms with E-state index in [1.165, 1.54) is 6.21 Å². The molecule has 1 saturated heterocycles. The highest BCUT2D eigenvalue weighted by atomic mass is 16.4. The summed E-state index contributed by atoms with van der Waals surface area (Å²) < 4.78 is 0. The molecule has 0 bridgehead atoms. The van der Waals surface area contributed by atoms with E-state index in [0.717, 1.165) is 17.7 Å². The SMILES string of the molecule is CCC(C(=O)O)C(C)NC(=O)CC1CCCN(c2ccc(C=NN)cc2)C1=O. The van der Waals surface area contributed by atoms with Gasteiger partial charge < -0.3 is 21.2 Å². The molecular formula is C20H28N4O4. The van der Waals surface area contributed by atoms with Gasteiger partial charge in [-0.3, -0.25) is 14.4 Å². The maximum Gasteiger partial charge on any atom is 0.308 e. The first-order valence-electron chi connectivity index (χ1n) is 9.54. The molecule has 1 heterocycles. The molecule has 8 nitrogen and oxygen atoms in total. The fraction of sp³-hybridized carbons (Fsp3) is 0.500. The van der Waals surface area contributed by atoms with Gasteiger partial charge in [0.25, 0.3) is 0 Å². The molecular weight excluding hydrogens is 360 g/mol. The number of rotatable bonds is 8. The molecule has 0 aromatic heterocycles. The second kappa shape index (κ2) is 9.87. The van der Waals surface area contributed by atoms with Crippen LogP contribution in [0.1, 0.15) is 45.1 Å². The summed E-state index contributed by atoms with van der Waals surface area (Å²) in [5.41, 5.74) is 1.61. The highest BCUT2D eigenvalue weighted by molar-refractivity contribution is 5.98. The van der Waals surface area contributed by atoms with Gasteiger partial charge in [-0.1, -0.05) is 19.1 Å². The number of hydrogen-bond donors (Lipinski definition) is 3. The quantitative estimate of drug-likeness (QED) is 0.355. The predicted molar refractivity (Wildman–Crippen MR) is 107 cm³/mol. The van der Waals surface area contributed by atoms with Gasteiger partial charge >= 0.3 is 5.97 Å². The Kier molecular flexibility index (Phi) is 7.54. The molecule has 1 aliphatic rings. The van der Waals surface area contributed by atoms with Gasteiger partial charge in [0, 0.05) is 30.6 Å². The Morgan fingerprint density at radius 2 is 2.07 bits per heavy atom. The molecule has 3 unspecified atom stereocenters. The van der Waals surface area contributed by atoms with Crippen LogP contribution in [0.4, 0.5) is 5.69 Å². The monoisotopic (exact) mass is 388 g/mol. The average molecular weight is 388 g/mol. The van der Waals surface area contributed by atoms with Crippen molar-refractivity contribution in [3.05, 3.63) is 29.8 Å². The molecule has 0 spiro atoms. The molecule has 2 amide bonds. The second-order valence-electron chi connectivity index (χ2n) is 7.11. The highest BCUT2D eigenvalue weighted by Gasteiger charge is 2.32. The zero-order chi connectivity index (χ0) is 20.7. The van der Waals surface area contributed by atoms with E-state index < -0.39 is 23.8 Å². The summed E-state index contributed by atoms with van der Waals surface area (Å²) in [5.74, 6) is 2.79. The lowest BCUT2D eigenvalue weighted by Crippen LogP contribution is -2.45. The van der Waals surface area contributed by atoms with E-state index in [9.17, 15) is 19.5 Å². The maximum absolute atomic E-state index is 12.9. The van der Waals surface area contributed by atoms with Gasteiger partial charge in [0.1, 0.15) is 0 Å². The van der Waals surface area contributed by atoms with Crippen LogP contribution in [-0.4, -0.2) is 41.7 Å². The molecule has 4 N–H and O–H groups in total. The molecule has 0 saturated carbocycles. The normalized spacial score (nSPS) is 19.4. The molecule has 0 aliphatic carbocycles. The number of piperidine rings is 1. The molecule has 8 heteroatoms. The predicted octanol–water partition coefficient (Wildman–Crippen LogP) is 1.73. The number of aliphatic carboxylic acids is 1. The van der Waals surface area contributed by atoms with Crippen molar-refractivity contribution < 1.29 is 19.5 Å². The fourth-order valence-electron chi connectivity index (χ4n) is 3.60. The zero-order valence-corrected chi connectivity index (χ0v) is 16.3. The van der Waals surface area contributed by atoms with Gasteiger partial charge in [-0.25, -0.2) is 0 Å². The Balaban J connectivity index is 1.99. The number of carboxylic acid groups (broad SMARTS) is 1. The highest BCUT2D eigenvalue weighted by Crippen LogP contribution is 2.26. The minimum absolute atomic E-state index is 0.0631. The van der Waals surface area contributed by atoms with Crippen LogP contribution in [0.25, 0.3) is 0 Å². The van der Waals surface area contributed by atoms with Crippen molar-refractivity contribution in [1.82, 2.24) is 5.32 Å². The van der Waals surface area contributed by atoms with Crippen molar-refractivity contribution >= 4 is 29.7 Å². The summed E-state index contributed by atoms with van der Waals surface area (Å²) >= 11 is 0. The van der Waals surface area contributed by atoms with E-state index >= 15 is 0 Å². The number of nitrogens with zero attached hydrogens (tertiary/aromatic N) is 2. The number of amides is 2. The smallest absolute Gasteiger partial charge is 0.308 e. The summed E-state index contributed by atoms with van der Waals surface area (Å²) in [6.45, 7) is 4.06. The summed E-state index contributed by atoms with van der Waals surface area (Å²) in [4.78, 5) is 38.2. The van der Waals surface area contributed by atoms with Crippen molar-refractivity contribution in [3.8, 4) is 0 Å². The molecule has 1 aromatic rings. The van der Waals surface area contributed by atoms with Gasteiger partial charge in [0.15, 0.2) is 0 Å². The zero-order valence-electron chi connectivity index (χ0n) is 16.3. The van der Waals surface area contributed by atoms with Crippen LogP contribution in [-0.2, 0) is 14.4 Å². The van der Waals surface area contributed by atoms with E-state index in [0.29, 0.717) is 19.4 Å². The minimum Gasteiger partial charge on any atom is -0.481 e. The largest absolute Gasteiger partial charge is 0.481 e. The second-order valence-corrected chi connectivity index (χ2v) is 7.11. The molecule has 0 radical (unpaired) electrons. The lowest BCUT2D eigenvalue weighted by molar-refractivity contribution is -0.143. The van der Waals surface area contributed by atoms with Gasteiger partial charge in [0.2, 0.25) is 11.8 Å². The molecule has 152 valence electrons. The topological polar surface area (TPSA) is 125 Å². The van der Waals surface area contributed by atoms with Crippen molar-refractivity contribution in [2.45, 2.75) is 45.6 Å². The Hall–Kier alpha value is -2.90. The van der Waals surface area contributed by atoms with E-state index in [1.54, 1.807) is 18.7 Å². The number of nitrogens with two attached hydrogens (primary N) is 1. The summed E-state index contributed by atoms with van der Waals surface area (Å²) in [7, 11) is 0. The van der Waals surface area contributed by atoms with E-state index in [2.05, 4.69) is 10.4 Å². The van der Waals surface area contributed by atoms with Crippen LogP contribution >= 0.6 is 0 Å². The van der Waals surface area contributed by atoms with Crippen molar-refractivity contribution in [2.75, 3.05) is 11.4 Å². The number of carboxylic acids is 1. The van der Waals surface area contributed by atoms with Gasteiger partial charge in [0.05, 0.1) is 12.1 Å². The number of carbonyl (C=O) groups excluding carboxylic acids is 2. The van der Waals surface area contributed by atoms with Gasteiger partial charge in [-0.2, -0.15) is 5.10 Å². The molecule has 1 aliphatic heterocycles. The third-order valence-electron chi connectivity index (χ3n) is 5.16.